The standard InChI is InChI=1S/C15H23N5/c1-5-12-13(9-16)15(18-17-14(12)6-2)20-8-7-11(10-20)19(3)4/h11H,5-8,10H2,1-4H3. The van der Waals surface area contributed by atoms with Crippen molar-refractivity contribution in [3.05, 3.63) is 16.8 Å². The lowest BCUT2D eigenvalue weighted by atomic mass is 10.0. The van der Waals surface area contributed by atoms with Gasteiger partial charge in [-0.3, -0.25) is 0 Å². The molecule has 1 unspecified atom stereocenters. The molecule has 0 amide bonds. The quantitative estimate of drug-likeness (QED) is 0.834. The molecule has 0 saturated carbocycles. The van der Waals surface area contributed by atoms with Crippen molar-refractivity contribution in [3.63, 3.8) is 0 Å². The molecule has 108 valence electrons. The van der Waals surface area contributed by atoms with Crippen LogP contribution >= 0.6 is 0 Å². The maximum absolute atomic E-state index is 9.53. The van der Waals surface area contributed by atoms with Crippen LogP contribution in [0.1, 0.15) is 37.1 Å². The zero-order valence-electron chi connectivity index (χ0n) is 12.8. The molecule has 20 heavy (non-hydrogen) atoms. The van der Waals surface area contributed by atoms with E-state index in [2.05, 4.69) is 54.0 Å². The number of nitriles is 1. The molecule has 1 aliphatic heterocycles. The van der Waals surface area contributed by atoms with Crippen molar-refractivity contribution >= 4 is 5.82 Å². The van der Waals surface area contributed by atoms with E-state index in [-0.39, 0.29) is 0 Å². The van der Waals surface area contributed by atoms with Crippen LogP contribution in [0, 0.1) is 11.3 Å². The molecule has 2 rings (SSSR count). The first-order valence-electron chi connectivity index (χ1n) is 7.32. The second-order valence-electron chi connectivity index (χ2n) is 5.49. The van der Waals surface area contributed by atoms with Gasteiger partial charge >= 0.3 is 0 Å². The molecule has 0 spiro atoms. The van der Waals surface area contributed by atoms with Crippen molar-refractivity contribution in [2.45, 2.75) is 39.2 Å². The highest BCUT2D eigenvalue weighted by atomic mass is 15.3. The highest BCUT2D eigenvalue weighted by molar-refractivity contribution is 5.58. The lowest BCUT2D eigenvalue weighted by molar-refractivity contribution is 0.315. The van der Waals surface area contributed by atoms with Crippen molar-refractivity contribution in [3.8, 4) is 6.07 Å². The summed E-state index contributed by atoms with van der Waals surface area (Å²) < 4.78 is 0. The van der Waals surface area contributed by atoms with E-state index >= 15 is 0 Å². The Bertz CT molecular complexity index is 518. The number of rotatable bonds is 4. The minimum atomic E-state index is 0.527. The summed E-state index contributed by atoms with van der Waals surface area (Å²) in [6, 6.07) is 2.88. The van der Waals surface area contributed by atoms with Gasteiger partial charge in [0, 0.05) is 19.1 Å². The maximum Gasteiger partial charge on any atom is 0.169 e. The third-order valence-electron chi connectivity index (χ3n) is 4.13. The Balaban J connectivity index is 2.36. The Morgan fingerprint density at radius 1 is 1.30 bits per heavy atom. The molecule has 1 atom stereocenters. The summed E-state index contributed by atoms with van der Waals surface area (Å²) in [6.07, 6.45) is 2.77. The van der Waals surface area contributed by atoms with Gasteiger partial charge in [-0.1, -0.05) is 13.8 Å². The van der Waals surface area contributed by atoms with Gasteiger partial charge in [-0.2, -0.15) is 10.4 Å². The second-order valence-corrected chi connectivity index (χ2v) is 5.49. The van der Waals surface area contributed by atoms with Crippen LogP contribution in [0.3, 0.4) is 0 Å². The summed E-state index contributed by atoms with van der Waals surface area (Å²) in [5.41, 5.74) is 2.74. The molecule has 0 bridgehead atoms. The summed E-state index contributed by atoms with van der Waals surface area (Å²) in [7, 11) is 4.20. The third kappa shape index (κ3) is 2.61. The van der Waals surface area contributed by atoms with Crippen molar-refractivity contribution in [1.29, 1.82) is 5.26 Å². The number of likely N-dealkylation sites (N-methyl/N-ethyl adjacent to an activating group) is 1. The topological polar surface area (TPSA) is 56.1 Å². The molecule has 0 N–H and O–H groups in total. The second kappa shape index (κ2) is 6.19. The Morgan fingerprint density at radius 2 is 2.05 bits per heavy atom. The van der Waals surface area contributed by atoms with Gasteiger partial charge in [-0.15, -0.1) is 5.10 Å². The first-order chi connectivity index (χ1) is 9.62. The largest absolute Gasteiger partial charge is 0.352 e. The highest BCUT2D eigenvalue weighted by Gasteiger charge is 2.28. The Kier molecular flexibility index (Phi) is 4.56. The van der Waals surface area contributed by atoms with Gasteiger partial charge in [0.2, 0.25) is 0 Å². The number of hydrogen-bond acceptors (Lipinski definition) is 5. The van der Waals surface area contributed by atoms with Crippen LogP contribution in [0.15, 0.2) is 0 Å². The van der Waals surface area contributed by atoms with Gasteiger partial charge in [0.15, 0.2) is 5.82 Å². The zero-order valence-corrected chi connectivity index (χ0v) is 12.8. The van der Waals surface area contributed by atoms with Gasteiger partial charge < -0.3 is 9.80 Å². The Hall–Kier alpha value is -1.67. The van der Waals surface area contributed by atoms with E-state index < -0.39 is 0 Å². The minimum Gasteiger partial charge on any atom is -0.352 e. The fraction of sp³-hybridized carbons (Fsp3) is 0.667. The van der Waals surface area contributed by atoms with Crippen LogP contribution in [0.2, 0.25) is 0 Å². The SMILES string of the molecule is CCc1nnc(N2CCC(N(C)C)C2)c(C#N)c1CC. The maximum atomic E-state index is 9.53. The van der Waals surface area contributed by atoms with E-state index in [1.165, 1.54) is 0 Å². The van der Waals surface area contributed by atoms with Crippen molar-refractivity contribution in [2.24, 2.45) is 0 Å². The summed E-state index contributed by atoms with van der Waals surface area (Å²) in [6.45, 7) is 6.00. The average Bonchev–Trinajstić information content (AvgIpc) is 2.95. The molecule has 1 aliphatic rings. The van der Waals surface area contributed by atoms with Gasteiger partial charge in [0.05, 0.1) is 5.69 Å². The first-order valence-corrected chi connectivity index (χ1v) is 7.32. The molecule has 0 aliphatic carbocycles. The molecule has 1 aromatic heterocycles. The molecule has 1 fully saturated rings. The van der Waals surface area contributed by atoms with Crippen LogP contribution in [0.5, 0.6) is 0 Å². The van der Waals surface area contributed by atoms with Crippen LogP contribution in [0.25, 0.3) is 0 Å². The molecule has 0 aromatic carbocycles. The molecule has 5 heteroatoms. The number of hydrogen-bond donors (Lipinski definition) is 0. The predicted molar refractivity (Wildman–Crippen MR) is 79.8 cm³/mol. The molecule has 1 saturated heterocycles. The van der Waals surface area contributed by atoms with Gasteiger partial charge in [-0.25, -0.2) is 0 Å². The smallest absolute Gasteiger partial charge is 0.169 e. The minimum absolute atomic E-state index is 0.527. The predicted octanol–water partition coefficient (Wildman–Crippen LogP) is 1.61. The van der Waals surface area contributed by atoms with E-state index in [4.69, 9.17) is 0 Å². The number of anilines is 1. The molecule has 0 radical (unpaired) electrons. The third-order valence-corrected chi connectivity index (χ3v) is 4.13. The van der Waals surface area contributed by atoms with Crippen molar-refractivity contribution < 1.29 is 0 Å². The van der Waals surface area contributed by atoms with Gasteiger partial charge in [-0.05, 0) is 38.9 Å². The Morgan fingerprint density at radius 3 is 2.55 bits per heavy atom. The average molecular weight is 273 g/mol. The molecule has 5 nitrogen and oxygen atoms in total. The fourth-order valence-corrected chi connectivity index (χ4v) is 2.86. The van der Waals surface area contributed by atoms with Crippen LogP contribution in [-0.2, 0) is 12.8 Å². The normalized spacial score (nSPS) is 18.6. The number of nitrogens with zero attached hydrogens (tertiary/aromatic N) is 5. The molecular formula is C15H23N5. The van der Waals surface area contributed by atoms with E-state index in [1.54, 1.807) is 0 Å². The summed E-state index contributed by atoms with van der Waals surface area (Å²) in [4.78, 5) is 4.44. The first kappa shape index (κ1) is 14.7. The molecule has 2 heterocycles. The molecular weight excluding hydrogens is 250 g/mol. The number of aromatic nitrogens is 2. The van der Waals surface area contributed by atoms with E-state index in [0.29, 0.717) is 6.04 Å². The fourth-order valence-electron chi connectivity index (χ4n) is 2.86. The summed E-state index contributed by atoms with van der Waals surface area (Å²) in [5.74, 6) is 0.769. The zero-order chi connectivity index (χ0) is 14.7. The lowest BCUT2D eigenvalue weighted by Crippen LogP contribution is -2.32. The van der Waals surface area contributed by atoms with E-state index in [9.17, 15) is 5.26 Å². The van der Waals surface area contributed by atoms with Crippen molar-refractivity contribution in [2.75, 3.05) is 32.1 Å². The Labute approximate surface area is 121 Å². The van der Waals surface area contributed by atoms with E-state index in [1.807, 2.05) is 0 Å². The van der Waals surface area contributed by atoms with Gasteiger partial charge in [0.25, 0.3) is 0 Å². The molecule has 1 aromatic rings. The van der Waals surface area contributed by atoms with Crippen LogP contribution < -0.4 is 4.90 Å². The summed E-state index contributed by atoms with van der Waals surface area (Å²) >= 11 is 0. The van der Waals surface area contributed by atoms with Crippen LogP contribution in [-0.4, -0.2) is 48.3 Å². The highest BCUT2D eigenvalue weighted by Crippen LogP contribution is 2.26. The number of aryl methyl sites for hydroxylation is 1. The van der Waals surface area contributed by atoms with Crippen molar-refractivity contribution in [1.82, 2.24) is 15.1 Å². The van der Waals surface area contributed by atoms with E-state index in [0.717, 1.165) is 55.0 Å². The monoisotopic (exact) mass is 273 g/mol. The van der Waals surface area contributed by atoms with Crippen LogP contribution in [0.4, 0.5) is 5.82 Å². The summed E-state index contributed by atoms with van der Waals surface area (Å²) in [5, 5.41) is 18.2. The van der Waals surface area contributed by atoms with Gasteiger partial charge in [0.1, 0.15) is 11.6 Å². The lowest BCUT2D eigenvalue weighted by Gasteiger charge is -2.22.